The van der Waals surface area contributed by atoms with E-state index in [4.69, 9.17) is 5.26 Å². The van der Waals surface area contributed by atoms with Crippen molar-refractivity contribution in [1.82, 2.24) is 4.90 Å². The van der Waals surface area contributed by atoms with Gasteiger partial charge in [-0.3, -0.25) is 4.90 Å². The maximum Gasteiger partial charge on any atom is 0.129 e. The van der Waals surface area contributed by atoms with Crippen LogP contribution in [0.5, 0.6) is 0 Å². The molecular weight excluding hydrogens is 231 g/mol. The number of benzene rings is 1. The highest BCUT2D eigenvalue weighted by molar-refractivity contribution is 5.53. The first kappa shape index (κ1) is 12.7. The maximum atomic E-state index is 13.7. The van der Waals surface area contributed by atoms with Crippen LogP contribution in [0, 0.1) is 23.1 Å². The smallest absolute Gasteiger partial charge is 0.129 e. The maximum absolute atomic E-state index is 13.7. The van der Waals surface area contributed by atoms with Gasteiger partial charge in [-0.05, 0) is 31.5 Å². The van der Waals surface area contributed by atoms with Crippen LogP contribution in [0.15, 0.2) is 18.2 Å². The molecule has 0 amide bonds. The average molecular weight is 246 g/mol. The molecule has 0 N–H and O–H groups in total. The molecule has 0 spiro atoms. The number of hydrogen-bond acceptors (Lipinski definition) is 3. The lowest BCUT2D eigenvalue weighted by Gasteiger charge is -2.30. The SMILES string of the molecule is N#Cc1ccc(CN2CCCC(C=O)C2)c(F)c1. The van der Waals surface area contributed by atoms with E-state index in [1.807, 2.05) is 6.07 Å². The van der Waals surface area contributed by atoms with Crippen LogP contribution in [-0.4, -0.2) is 24.3 Å². The van der Waals surface area contributed by atoms with E-state index in [1.54, 1.807) is 12.1 Å². The fourth-order valence-electron chi connectivity index (χ4n) is 2.33. The van der Waals surface area contributed by atoms with E-state index in [9.17, 15) is 9.18 Å². The van der Waals surface area contributed by atoms with Gasteiger partial charge in [0.15, 0.2) is 0 Å². The molecule has 1 aromatic rings. The lowest BCUT2D eigenvalue weighted by atomic mass is 9.99. The van der Waals surface area contributed by atoms with Crippen LogP contribution in [0.3, 0.4) is 0 Å². The first-order valence-corrected chi connectivity index (χ1v) is 6.09. The minimum atomic E-state index is -0.345. The van der Waals surface area contributed by atoms with E-state index >= 15 is 0 Å². The van der Waals surface area contributed by atoms with Crippen molar-refractivity contribution < 1.29 is 9.18 Å². The highest BCUT2D eigenvalue weighted by atomic mass is 19.1. The third kappa shape index (κ3) is 2.93. The van der Waals surface area contributed by atoms with Crippen molar-refractivity contribution in [3.8, 4) is 6.07 Å². The Morgan fingerprint density at radius 3 is 3.06 bits per heavy atom. The van der Waals surface area contributed by atoms with E-state index < -0.39 is 0 Å². The Kier molecular flexibility index (Phi) is 4.06. The standard InChI is InChI=1S/C14H15FN2O/c15-14-6-11(7-16)3-4-13(14)9-17-5-1-2-12(8-17)10-18/h3-4,6,10,12H,1-2,5,8-9H2. The van der Waals surface area contributed by atoms with Gasteiger partial charge in [-0.1, -0.05) is 6.07 Å². The highest BCUT2D eigenvalue weighted by Gasteiger charge is 2.20. The summed E-state index contributed by atoms with van der Waals surface area (Å²) in [6.45, 7) is 2.09. The molecule has 0 aromatic heterocycles. The first-order valence-electron chi connectivity index (χ1n) is 6.09. The number of halogens is 1. The lowest BCUT2D eigenvalue weighted by molar-refractivity contribution is -0.112. The minimum absolute atomic E-state index is 0.0696. The number of likely N-dealkylation sites (tertiary alicyclic amines) is 1. The van der Waals surface area contributed by atoms with Crippen LogP contribution in [0.25, 0.3) is 0 Å². The van der Waals surface area contributed by atoms with Gasteiger partial charge in [0, 0.05) is 24.6 Å². The molecule has 2 rings (SSSR count). The molecule has 1 fully saturated rings. The highest BCUT2D eigenvalue weighted by Crippen LogP contribution is 2.18. The molecule has 1 heterocycles. The Balaban J connectivity index is 2.05. The quantitative estimate of drug-likeness (QED) is 0.767. The topological polar surface area (TPSA) is 44.1 Å². The second kappa shape index (κ2) is 5.74. The molecule has 0 bridgehead atoms. The lowest BCUT2D eigenvalue weighted by Crippen LogP contribution is -2.35. The van der Waals surface area contributed by atoms with Crippen molar-refractivity contribution in [3.63, 3.8) is 0 Å². The van der Waals surface area contributed by atoms with Crippen LogP contribution in [0.4, 0.5) is 4.39 Å². The first-order chi connectivity index (χ1) is 8.72. The van der Waals surface area contributed by atoms with Crippen LogP contribution >= 0.6 is 0 Å². The molecule has 18 heavy (non-hydrogen) atoms. The van der Waals surface area contributed by atoms with Gasteiger partial charge in [0.25, 0.3) is 0 Å². The normalized spacial score (nSPS) is 20.3. The number of rotatable bonds is 3. The minimum Gasteiger partial charge on any atom is -0.303 e. The molecule has 1 aliphatic rings. The van der Waals surface area contributed by atoms with Gasteiger partial charge < -0.3 is 4.79 Å². The van der Waals surface area contributed by atoms with Crippen LogP contribution in [0.2, 0.25) is 0 Å². The van der Waals surface area contributed by atoms with Gasteiger partial charge in [0.05, 0.1) is 11.6 Å². The molecule has 1 unspecified atom stereocenters. The summed E-state index contributed by atoms with van der Waals surface area (Å²) >= 11 is 0. The summed E-state index contributed by atoms with van der Waals surface area (Å²) in [5.74, 6) is -0.275. The summed E-state index contributed by atoms with van der Waals surface area (Å²) in [4.78, 5) is 12.9. The third-order valence-corrected chi connectivity index (χ3v) is 3.31. The van der Waals surface area contributed by atoms with Gasteiger partial charge in [-0.15, -0.1) is 0 Å². The zero-order chi connectivity index (χ0) is 13.0. The largest absolute Gasteiger partial charge is 0.303 e. The van der Waals surface area contributed by atoms with Crippen molar-refractivity contribution >= 4 is 6.29 Å². The van der Waals surface area contributed by atoms with Crippen molar-refractivity contribution in [3.05, 3.63) is 35.1 Å². The molecule has 1 atom stereocenters. The summed E-state index contributed by atoms with van der Waals surface area (Å²) < 4.78 is 13.7. The average Bonchev–Trinajstić information content (AvgIpc) is 2.41. The van der Waals surface area contributed by atoms with Crippen molar-refractivity contribution in [2.75, 3.05) is 13.1 Å². The van der Waals surface area contributed by atoms with Crippen LogP contribution < -0.4 is 0 Å². The van der Waals surface area contributed by atoms with Gasteiger partial charge in [0.2, 0.25) is 0 Å². The molecule has 4 heteroatoms. The number of aldehydes is 1. The Hall–Kier alpha value is -1.73. The number of nitriles is 1. The molecule has 1 aliphatic heterocycles. The summed E-state index contributed by atoms with van der Waals surface area (Å²) in [6.07, 6.45) is 2.89. The van der Waals surface area contributed by atoms with Crippen LogP contribution in [-0.2, 0) is 11.3 Å². The summed E-state index contributed by atoms with van der Waals surface area (Å²) in [6, 6.07) is 6.45. The fraction of sp³-hybridized carbons (Fsp3) is 0.429. The summed E-state index contributed by atoms with van der Waals surface area (Å²) in [5.41, 5.74) is 0.918. The van der Waals surface area contributed by atoms with Crippen molar-refractivity contribution in [2.24, 2.45) is 5.92 Å². The van der Waals surface area contributed by atoms with Gasteiger partial charge in [-0.25, -0.2) is 4.39 Å². The summed E-state index contributed by atoms with van der Waals surface area (Å²) in [7, 11) is 0. The van der Waals surface area contributed by atoms with E-state index in [0.29, 0.717) is 24.2 Å². The Bertz CT molecular complexity index is 481. The number of nitrogens with zero attached hydrogens (tertiary/aromatic N) is 2. The third-order valence-electron chi connectivity index (χ3n) is 3.31. The molecule has 0 radical (unpaired) electrons. The predicted molar refractivity (Wildman–Crippen MR) is 65.2 cm³/mol. The number of carbonyl (C=O) groups excluding carboxylic acids is 1. The van der Waals surface area contributed by atoms with Crippen LogP contribution in [0.1, 0.15) is 24.0 Å². The predicted octanol–water partition coefficient (Wildman–Crippen LogP) is 2.11. The molecular formula is C14H15FN2O. The summed E-state index contributed by atoms with van der Waals surface area (Å²) in [5, 5.41) is 8.68. The molecule has 0 saturated carbocycles. The van der Waals surface area contributed by atoms with Gasteiger partial charge in [0.1, 0.15) is 12.1 Å². The van der Waals surface area contributed by atoms with E-state index in [2.05, 4.69) is 4.90 Å². The van der Waals surface area contributed by atoms with E-state index in [-0.39, 0.29) is 11.7 Å². The second-order valence-electron chi connectivity index (χ2n) is 4.69. The van der Waals surface area contributed by atoms with E-state index in [1.165, 1.54) is 6.07 Å². The molecule has 0 aliphatic carbocycles. The molecule has 3 nitrogen and oxygen atoms in total. The Morgan fingerprint density at radius 2 is 2.39 bits per heavy atom. The van der Waals surface area contributed by atoms with Crippen molar-refractivity contribution in [1.29, 1.82) is 5.26 Å². The Labute approximate surface area is 106 Å². The van der Waals surface area contributed by atoms with Crippen molar-refractivity contribution in [2.45, 2.75) is 19.4 Å². The van der Waals surface area contributed by atoms with Gasteiger partial charge >= 0.3 is 0 Å². The zero-order valence-corrected chi connectivity index (χ0v) is 10.1. The number of carbonyl (C=O) groups is 1. The monoisotopic (exact) mass is 246 g/mol. The Morgan fingerprint density at radius 1 is 1.56 bits per heavy atom. The second-order valence-corrected chi connectivity index (χ2v) is 4.69. The van der Waals surface area contributed by atoms with Gasteiger partial charge in [-0.2, -0.15) is 5.26 Å². The molecule has 1 saturated heterocycles. The number of hydrogen-bond donors (Lipinski definition) is 0. The number of piperidine rings is 1. The molecule has 1 aromatic carbocycles. The fourth-order valence-corrected chi connectivity index (χ4v) is 2.33. The molecule has 94 valence electrons. The van der Waals surface area contributed by atoms with E-state index in [0.717, 1.165) is 25.7 Å². The zero-order valence-electron chi connectivity index (χ0n) is 10.1.